The number of hydrogen-bond acceptors (Lipinski definition) is 11. The zero-order valence-corrected chi connectivity index (χ0v) is 29.3. The van der Waals surface area contributed by atoms with Crippen molar-refractivity contribution in [2.75, 3.05) is 47.0 Å². The molecule has 0 bridgehead atoms. The Kier molecular flexibility index (Phi) is 8.24. The van der Waals surface area contributed by atoms with Gasteiger partial charge in [-0.1, -0.05) is 6.07 Å². The first-order valence-corrected chi connectivity index (χ1v) is 17.2. The highest BCUT2D eigenvalue weighted by atomic mass is 16.5. The summed E-state index contributed by atoms with van der Waals surface area (Å²) in [5.74, 6) is -1.32. The van der Waals surface area contributed by atoms with Crippen LogP contribution in [0.3, 0.4) is 0 Å². The van der Waals surface area contributed by atoms with Crippen LogP contribution < -0.4 is 25.1 Å². The predicted octanol–water partition coefficient (Wildman–Crippen LogP) is 1.74. The number of amides is 5. The van der Waals surface area contributed by atoms with Crippen molar-refractivity contribution in [3.05, 3.63) is 82.0 Å². The Labute approximate surface area is 303 Å². The number of piperidine rings is 1. The van der Waals surface area contributed by atoms with Gasteiger partial charge in [-0.3, -0.25) is 48.9 Å². The van der Waals surface area contributed by atoms with Crippen LogP contribution in [-0.4, -0.2) is 107 Å². The van der Waals surface area contributed by atoms with Crippen molar-refractivity contribution < 1.29 is 38.2 Å². The number of methoxy groups -OCH3 is 2. The summed E-state index contributed by atoms with van der Waals surface area (Å²) in [6, 6.07) is 9.19. The van der Waals surface area contributed by atoms with Crippen molar-refractivity contribution >= 4 is 40.3 Å². The van der Waals surface area contributed by atoms with Gasteiger partial charge in [0, 0.05) is 75.8 Å². The third kappa shape index (κ3) is 5.67. The van der Waals surface area contributed by atoms with Gasteiger partial charge >= 0.3 is 0 Å². The molecular weight excluding hydrogens is 684 g/mol. The number of imide groups is 2. The van der Waals surface area contributed by atoms with E-state index in [1.807, 2.05) is 18.2 Å². The minimum atomic E-state index is -1.10. The maximum absolute atomic E-state index is 13.4. The van der Waals surface area contributed by atoms with E-state index >= 15 is 0 Å². The normalized spacial score (nSPS) is 19.2. The molecule has 6 heterocycles. The summed E-state index contributed by atoms with van der Waals surface area (Å²) in [6.07, 6.45) is 5.10. The lowest BCUT2D eigenvalue weighted by molar-refractivity contribution is -0.161. The summed E-state index contributed by atoms with van der Waals surface area (Å²) in [7, 11) is 4.95. The molecule has 2 aromatic heterocycles. The number of fused-ring (bicyclic) bond motifs is 2. The lowest BCUT2D eigenvalue weighted by Gasteiger charge is -2.60. The van der Waals surface area contributed by atoms with Crippen LogP contribution in [0.1, 0.15) is 39.1 Å². The van der Waals surface area contributed by atoms with E-state index in [1.165, 1.54) is 12.1 Å². The molecule has 4 aliphatic rings. The maximum Gasteiger partial charge on any atom is 0.266 e. The number of pyridine rings is 2. The number of aromatic nitrogens is 2. The van der Waals surface area contributed by atoms with Gasteiger partial charge in [0.25, 0.3) is 23.3 Å². The van der Waals surface area contributed by atoms with Crippen LogP contribution in [0.15, 0.2) is 59.8 Å². The Morgan fingerprint density at radius 3 is 2.36 bits per heavy atom. The molecule has 1 N–H and O–H groups in total. The van der Waals surface area contributed by atoms with E-state index in [0.717, 1.165) is 40.1 Å². The Bertz CT molecular complexity index is 2280. The third-order valence-electron chi connectivity index (χ3n) is 10.6. The second kappa shape index (κ2) is 12.8. The molecule has 0 aliphatic carbocycles. The minimum Gasteiger partial charge on any atom is -0.496 e. The van der Waals surface area contributed by atoms with Crippen LogP contribution in [0.5, 0.6) is 17.2 Å². The number of rotatable bonds is 9. The molecule has 0 radical (unpaired) electrons. The Balaban J connectivity index is 0.894. The van der Waals surface area contributed by atoms with E-state index in [4.69, 9.17) is 14.2 Å². The molecule has 53 heavy (non-hydrogen) atoms. The van der Waals surface area contributed by atoms with Crippen LogP contribution in [0.4, 0.5) is 0 Å². The summed E-state index contributed by atoms with van der Waals surface area (Å²) < 4.78 is 19.0. The average molecular weight is 721 g/mol. The summed E-state index contributed by atoms with van der Waals surface area (Å²) in [5.41, 5.74) is 2.50. The first-order chi connectivity index (χ1) is 25.5. The van der Waals surface area contributed by atoms with E-state index in [2.05, 4.69) is 15.2 Å². The van der Waals surface area contributed by atoms with Gasteiger partial charge < -0.3 is 23.7 Å². The Morgan fingerprint density at radius 2 is 1.66 bits per heavy atom. The van der Waals surface area contributed by atoms with E-state index < -0.39 is 29.7 Å². The van der Waals surface area contributed by atoms with Crippen molar-refractivity contribution in [3.63, 3.8) is 0 Å². The summed E-state index contributed by atoms with van der Waals surface area (Å²) in [6.45, 7) is 2.90. The number of nitrogens with one attached hydrogen (secondary N) is 1. The zero-order chi connectivity index (χ0) is 37.2. The van der Waals surface area contributed by atoms with Crippen molar-refractivity contribution in [2.45, 2.75) is 25.4 Å². The highest BCUT2D eigenvalue weighted by Gasteiger charge is 2.53. The van der Waals surface area contributed by atoms with Crippen molar-refractivity contribution in [3.8, 4) is 28.4 Å². The van der Waals surface area contributed by atoms with Crippen LogP contribution in [-0.2, 0) is 28.0 Å². The molecule has 5 amide bonds. The molecule has 15 heteroatoms. The summed E-state index contributed by atoms with van der Waals surface area (Å²) in [4.78, 5) is 85.4. The van der Waals surface area contributed by atoms with E-state index in [9.17, 15) is 28.8 Å². The molecule has 2 aromatic carbocycles. The van der Waals surface area contributed by atoms with Crippen LogP contribution >= 0.6 is 0 Å². The quantitative estimate of drug-likeness (QED) is 0.250. The second-order valence-corrected chi connectivity index (χ2v) is 14.0. The van der Waals surface area contributed by atoms with Crippen molar-refractivity contribution in [1.82, 2.24) is 29.6 Å². The first kappa shape index (κ1) is 34.0. The van der Waals surface area contributed by atoms with Crippen molar-refractivity contribution in [2.24, 2.45) is 12.5 Å². The number of carbonyl (C=O) groups is 5. The van der Waals surface area contributed by atoms with Gasteiger partial charge in [-0.25, -0.2) is 0 Å². The fourth-order valence-corrected chi connectivity index (χ4v) is 8.05. The molecule has 4 aromatic rings. The smallest absolute Gasteiger partial charge is 0.266 e. The van der Waals surface area contributed by atoms with E-state index in [1.54, 1.807) is 55.4 Å². The molecule has 3 saturated heterocycles. The predicted molar refractivity (Wildman–Crippen MR) is 188 cm³/mol. The summed E-state index contributed by atoms with van der Waals surface area (Å²) >= 11 is 0. The number of nitrogens with zero attached hydrogens (tertiary/aromatic N) is 5. The lowest BCUT2D eigenvalue weighted by Crippen LogP contribution is -2.72. The third-order valence-corrected chi connectivity index (χ3v) is 10.6. The van der Waals surface area contributed by atoms with Gasteiger partial charge in [0.05, 0.1) is 36.3 Å². The minimum absolute atomic E-state index is 0.00335. The van der Waals surface area contributed by atoms with Gasteiger partial charge in [-0.2, -0.15) is 0 Å². The summed E-state index contributed by atoms with van der Waals surface area (Å²) in [5, 5.41) is 3.49. The van der Waals surface area contributed by atoms with Gasteiger partial charge in [-0.05, 0) is 47.7 Å². The Hall–Kier alpha value is -6.09. The van der Waals surface area contributed by atoms with Gasteiger partial charge in [0.1, 0.15) is 23.3 Å². The van der Waals surface area contributed by atoms with Crippen LogP contribution in [0.25, 0.3) is 21.9 Å². The lowest BCUT2D eigenvalue weighted by atomic mass is 9.72. The number of hydrogen-bond donors (Lipinski definition) is 1. The standard InChI is InChI=1S/C38H36N6O9/c1-41-14-25(22-9-10-39-13-24(22)35(41)48)21-11-29(51-2)26(30(12-21)52-3)15-42-17-38(18-42)19-43(20-38)32(46)16-53-28-6-4-5-23-33(28)37(50)44(36(23)49)27-7-8-31(45)40-34(27)47/h4-6,9-14,27H,7-8,15-20H2,1-3H3,(H,40,45,47). The van der Waals surface area contributed by atoms with Gasteiger partial charge in [0.2, 0.25) is 11.8 Å². The SMILES string of the molecule is COc1cc(-c2cn(C)c(=O)c3cnccc23)cc(OC)c1CN1CC2(C1)CN(C(=O)COc1cccc3c1C(=O)N(C1CCC(=O)NC1=O)C3=O)C2. The maximum atomic E-state index is 13.4. The van der Waals surface area contributed by atoms with Gasteiger partial charge in [0.15, 0.2) is 6.61 Å². The molecule has 1 unspecified atom stereocenters. The monoisotopic (exact) mass is 720 g/mol. The zero-order valence-electron chi connectivity index (χ0n) is 29.3. The van der Waals surface area contributed by atoms with Crippen molar-refractivity contribution in [1.29, 1.82) is 0 Å². The molecule has 15 nitrogen and oxygen atoms in total. The molecule has 8 rings (SSSR count). The van der Waals surface area contributed by atoms with E-state index in [0.29, 0.717) is 36.5 Å². The molecular formula is C38H36N6O9. The highest BCUT2D eigenvalue weighted by molar-refractivity contribution is 6.24. The van der Waals surface area contributed by atoms with E-state index in [-0.39, 0.29) is 53.2 Å². The number of benzene rings is 2. The molecule has 3 fully saturated rings. The molecule has 0 saturated carbocycles. The Morgan fingerprint density at radius 1 is 0.925 bits per heavy atom. The first-order valence-electron chi connectivity index (χ1n) is 17.2. The number of ether oxygens (including phenoxy) is 3. The fraction of sp³-hybridized carbons (Fsp3) is 0.342. The molecule has 272 valence electrons. The highest BCUT2D eigenvalue weighted by Crippen LogP contribution is 2.44. The molecule has 1 atom stereocenters. The number of carbonyl (C=O) groups excluding carboxylic acids is 5. The van der Waals surface area contributed by atoms with Crippen LogP contribution in [0, 0.1) is 5.41 Å². The molecule has 1 spiro atoms. The fourth-order valence-electron chi connectivity index (χ4n) is 8.05. The number of aryl methyl sites for hydroxylation is 1. The van der Waals surface area contributed by atoms with Gasteiger partial charge in [-0.15, -0.1) is 0 Å². The average Bonchev–Trinajstić information content (AvgIpc) is 3.38. The number of likely N-dealkylation sites (tertiary alicyclic amines) is 2. The molecule has 4 aliphatic heterocycles. The second-order valence-electron chi connectivity index (χ2n) is 14.0. The largest absolute Gasteiger partial charge is 0.496 e. The topological polar surface area (TPSA) is 170 Å². The van der Waals surface area contributed by atoms with Crippen LogP contribution in [0.2, 0.25) is 0 Å².